The highest BCUT2D eigenvalue weighted by Crippen LogP contribution is 2.47. The number of hydrogen-bond acceptors (Lipinski definition) is 1. The van der Waals surface area contributed by atoms with Crippen LogP contribution >= 0.6 is 0 Å². The summed E-state index contributed by atoms with van der Waals surface area (Å²) in [5, 5.41) is 3.39. The lowest BCUT2D eigenvalue weighted by atomic mass is 10.1. The Hall–Kier alpha value is -0.890. The molecule has 1 aliphatic carbocycles. The molecular formula is C13H18FN. The second-order valence-electron chi connectivity index (χ2n) is 4.33. The first-order chi connectivity index (χ1) is 7.33. The van der Waals surface area contributed by atoms with Gasteiger partial charge in [-0.05, 0) is 49.4 Å². The van der Waals surface area contributed by atoms with Gasteiger partial charge in [0.15, 0.2) is 0 Å². The molecule has 0 bridgehead atoms. The lowest BCUT2D eigenvalue weighted by molar-refractivity contribution is 0.591. The first-order valence-corrected chi connectivity index (χ1v) is 5.78. The highest BCUT2D eigenvalue weighted by molar-refractivity contribution is 5.27. The summed E-state index contributed by atoms with van der Waals surface area (Å²) >= 11 is 0. The zero-order chi connectivity index (χ0) is 10.7. The van der Waals surface area contributed by atoms with E-state index in [2.05, 4.69) is 12.2 Å². The molecule has 0 saturated heterocycles. The van der Waals surface area contributed by atoms with Crippen LogP contribution in [0, 0.1) is 11.7 Å². The molecule has 82 valence electrons. The molecule has 1 nitrogen and oxygen atoms in total. The van der Waals surface area contributed by atoms with E-state index in [1.807, 2.05) is 12.1 Å². The van der Waals surface area contributed by atoms with Gasteiger partial charge in [0.05, 0.1) is 0 Å². The average Bonchev–Trinajstić information content (AvgIpc) is 2.98. The van der Waals surface area contributed by atoms with Crippen molar-refractivity contribution in [2.45, 2.75) is 25.7 Å². The number of benzene rings is 1. The maximum atomic E-state index is 13.4. The Kier molecular flexibility index (Phi) is 3.37. The zero-order valence-corrected chi connectivity index (χ0v) is 9.17. The summed E-state index contributed by atoms with van der Waals surface area (Å²) in [5.41, 5.74) is 0.904. The number of halogens is 1. The van der Waals surface area contributed by atoms with E-state index in [4.69, 9.17) is 0 Å². The van der Waals surface area contributed by atoms with E-state index in [9.17, 15) is 4.39 Å². The Morgan fingerprint density at radius 2 is 2.20 bits per heavy atom. The van der Waals surface area contributed by atoms with Gasteiger partial charge in [0.1, 0.15) is 5.82 Å². The first-order valence-electron chi connectivity index (χ1n) is 5.78. The molecule has 1 fully saturated rings. The molecule has 2 rings (SSSR count). The van der Waals surface area contributed by atoms with Crippen LogP contribution in [0.5, 0.6) is 0 Å². The minimum Gasteiger partial charge on any atom is -0.316 e. The van der Waals surface area contributed by atoms with Gasteiger partial charge >= 0.3 is 0 Å². The van der Waals surface area contributed by atoms with Crippen molar-refractivity contribution in [1.82, 2.24) is 5.32 Å². The fourth-order valence-electron chi connectivity index (χ4n) is 2.09. The van der Waals surface area contributed by atoms with Crippen molar-refractivity contribution in [2.75, 3.05) is 13.1 Å². The first kappa shape index (κ1) is 10.6. The second-order valence-corrected chi connectivity index (χ2v) is 4.33. The van der Waals surface area contributed by atoms with Crippen LogP contribution in [0.2, 0.25) is 0 Å². The van der Waals surface area contributed by atoms with E-state index in [-0.39, 0.29) is 5.82 Å². The SMILES string of the molecule is CCCNCC1CC1c1ccccc1F. The molecule has 0 heterocycles. The Morgan fingerprint density at radius 3 is 2.93 bits per heavy atom. The third kappa shape index (κ3) is 2.57. The van der Waals surface area contributed by atoms with Crippen LogP contribution in [0.4, 0.5) is 4.39 Å². The van der Waals surface area contributed by atoms with Crippen molar-refractivity contribution in [3.05, 3.63) is 35.6 Å². The quantitative estimate of drug-likeness (QED) is 0.732. The highest BCUT2D eigenvalue weighted by Gasteiger charge is 2.38. The van der Waals surface area contributed by atoms with Crippen molar-refractivity contribution in [2.24, 2.45) is 5.92 Å². The molecule has 1 N–H and O–H groups in total. The molecule has 0 aromatic heterocycles. The number of hydrogen-bond donors (Lipinski definition) is 1. The minimum absolute atomic E-state index is 0.0412. The van der Waals surface area contributed by atoms with E-state index in [1.165, 1.54) is 0 Å². The van der Waals surface area contributed by atoms with E-state index >= 15 is 0 Å². The molecule has 1 aromatic rings. The van der Waals surface area contributed by atoms with Gasteiger partial charge in [-0.15, -0.1) is 0 Å². The zero-order valence-electron chi connectivity index (χ0n) is 9.17. The fraction of sp³-hybridized carbons (Fsp3) is 0.538. The highest BCUT2D eigenvalue weighted by atomic mass is 19.1. The lowest BCUT2D eigenvalue weighted by Crippen LogP contribution is -2.17. The molecule has 15 heavy (non-hydrogen) atoms. The molecule has 1 aliphatic rings. The summed E-state index contributed by atoms with van der Waals surface area (Å²) in [6, 6.07) is 7.16. The molecule has 2 unspecified atom stereocenters. The van der Waals surface area contributed by atoms with E-state index in [1.54, 1.807) is 12.1 Å². The summed E-state index contributed by atoms with van der Waals surface area (Å²) in [5.74, 6) is 1.06. The van der Waals surface area contributed by atoms with Crippen LogP contribution in [-0.4, -0.2) is 13.1 Å². The van der Waals surface area contributed by atoms with Gasteiger partial charge in [0.2, 0.25) is 0 Å². The van der Waals surface area contributed by atoms with Crippen molar-refractivity contribution in [3.63, 3.8) is 0 Å². The van der Waals surface area contributed by atoms with Crippen LogP contribution in [0.25, 0.3) is 0 Å². The van der Waals surface area contributed by atoms with E-state index in [0.29, 0.717) is 11.8 Å². The third-order valence-electron chi connectivity index (χ3n) is 3.06. The maximum Gasteiger partial charge on any atom is 0.126 e. The van der Waals surface area contributed by atoms with Gasteiger partial charge < -0.3 is 5.32 Å². The van der Waals surface area contributed by atoms with Crippen molar-refractivity contribution >= 4 is 0 Å². The Labute approximate surface area is 90.7 Å². The summed E-state index contributed by atoms with van der Waals surface area (Å²) in [6.45, 7) is 4.27. The Morgan fingerprint density at radius 1 is 1.40 bits per heavy atom. The Balaban J connectivity index is 1.85. The van der Waals surface area contributed by atoms with Gasteiger partial charge in [0, 0.05) is 0 Å². The van der Waals surface area contributed by atoms with Crippen LogP contribution < -0.4 is 5.32 Å². The van der Waals surface area contributed by atoms with Gasteiger partial charge in [0.25, 0.3) is 0 Å². The monoisotopic (exact) mass is 207 g/mol. The molecule has 0 spiro atoms. The molecule has 2 heteroatoms. The number of rotatable bonds is 5. The second kappa shape index (κ2) is 4.75. The van der Waals surface area contributed by atoms with Crippen LogP contribution in [-0.2, 0) is 0 Å². The maximum absolute atomic E-state index is 13.4. The topological polar surface area (TPSA) is 12.0 Å². The fourth-order valence-corrected chi connectivity index (χ4v) is 2.09. The summed E-state index contributed by atoms with van der Waals surface area (Å²) in [7, 11) is 0. The standard InChI is InChI=1S/C13H18FN/c1-2-7-15-9-10-8-12(10)11-5-3-4-6-13(11)14/h3-6,10,12,15H,2,7-9H2,1H3. The summed E-state index contributed by atoms with van der Waals surface area (Å²) < 4.78 is 13.4. The molecular weight excluding hydrogens is 189 g/mol. The predicted molar refractivity (Wildman–Crippen MR) is 60.4 cm³/mol. The van der Waals surface area contributed by atoms with Crippen molar-refractivity contribution in [1.29, 1.82) is 0 Å². The molecule has 0 aliphatic heterocycles. The van der Waals surface area contributed by atoms with Crippen LogP contribution in [0.1, 0.15) is 31.2 Å². The summed E-state index contributed by atoms with van der Waals surface area (Å²) in [6.07, 6.45) is 2.30. The molecule has 0 radical (unpaired) electrons. The lowest BCUT2D eigenvalue weighted by Gasteiger charge is -2.03. The number of nitrogens with one attached hydrogen (secondary N) is 1. The minimum atomic E-state index is -0.0412. The molecule has 2 atom stereocenters. The summed E-state index contributed by atoms with van der Waals surface area (Å²) in [4.78, 5) is 0. The largest absolute Gasteiger partial charge is 0.316 e. The molecule has 1 aromatic carbocycles. The molecule has 0 amide bonds. The molecule has 1 saturated carbocycles. The van der Waals surface area contributed by atoms with Crippen molar-refractivity contribution in [3.8, 4) is 0 Å². The van der Waals surface area contributed by atoms with E-state index in [0.717, 1.165) is 31.5 Å². The average molecular weight is 207 g/mol. The Bertz CT molecular complexity index is 324. The normalized spacial score (nSPS) is 24.1. The van der Waals surface area contributed by atoms with Gasteiger partial charge in [-0.1, -0.05) is 25.1 Å². The van der Waals surface area contributed by atoms with Crippen LogP contribution in [0.15, 0.2) is 24.3 Å². The van der Waals surface area contributed by atoms with E-state index < -0.39 is 0 Å². The van der Waals surface area contributed by atoms with Crippen molar-refractivity contribution < 1.29 is 4.39 Å². The smallest absolute Gasteiger partial charge is 0.126 e. The third-order valence-corrected chi connectivity index (χ3v) is 3.06. The van der Waals surface area contributed by atoms with Gasteiger partial charge in [-0.3, -0.25) is 0 Å². The van der Waals surface area contributed by atoms with Gasteiger partial charge in [-0.25, -0.2) is 4.39 Å². The predicted octanol–water partition coefficient (Wildman–Crippen LogP) is 2.93. The van der Waals surface area contributed by atoms with Gasteiger partial charge in [-0.2, -0.15) is 0 Å². The van der Waals surface area contributed by atoms with Crippen LogP contribution in [0.3, 0.4) is 0 Å².